The summed E-state index contributed by atoms with van der Waals surface area (Å²) in [5, 5.41) is 10.2. The first kappa shape index (κ1) is 18.5. The van der Waals surface area contributed by atoms with Crippen molar-refractivity contribution in [3.8, 4) is 0 Å². The average Bonchev–Trinajstić information content (AvgIpc) is 3.34. The fourth-order valence-electron chi connectivity index (χ4n) is 3.60. The number of halogens is 1. The molecule has 3 aromatic rings. The summed E-state index contributed by atoms with van der Waals surface area (Å²) in [6.45, 7) is 1.74. The highest BCUT2D eigenvalue weighted by Gasteiger charge is 2.25. The third-order valence-electron chi connectivity index (χ3n) is 5.31. The zero-order valence-corrected chi connectivity index (χ0v) is 16.4. The van der Waals surface area contributed by atoms with E-state index in [0.717, 1.165) is 29.9 Å². The van der Waals surface area contributed by atoms with Gasteiger partial charge in [0.15, 0.2) is 5.65 Å². The van der Waals surface area contributed by atoms with Crippen LogP contribution in [0.1, 0.15) is 41.6 Å². The first-order valence-corrected chi connectivity index (χ1v) is 9.90. The number of rotatable bonds is 5. The minimum atomic E-state index is -0.381. The van der Waals surface area contributed by atoms with Crippen molar-refractivity contribution in [1.29, 1.82) is 0 Å². The molecule has 2 aliphatic rings. The molecule has 3 heterocycles. The maximum absolute atomic E-state index is 13.6. The molecule has 0 unspecified atom stereocenters. The highest BCUT2D eigenvalue weighted by Crippen LogP contribution is 2.27. The second kappa shape index (κ2) is 7.05. The lowest BCUT2D eigenvalue weighted by molar-refractivity contribution is -0.124. The van der Waals surface area contributed by atoms with Crippen LogP contribution in [0.2, 0.25) is 0 Å². The molecule has 7 nitrogen and oxygen atoms in total. The molecule has 2 amide bonds. The van der Waals surface area contributed by atoms with Crippen molar-refractivity contribution >= 4 is 29.4 Å². The Balaban J connectivity index is 1.57. The molecule has 2 N–H and O–H groups in total. The highest BCUT2D eigenvalue weighted by molar-refractivity contribution is 6.15. The van der Waals surface area contributed by atoms with Gasteiger partial charge in [-0.15, -0.1) is 0 Å². The highest BCUT2D eigenvalue weighted by atomic mass is 19.1. The van der Waals surface area contributed by atoms with Gasteiger partial charge >= 0.3 is 0 Å². The number of fused-ring (bicyclic) bond motifs is 1. The fourth-order valence-corrected chi connectivity index (χ4v) is 3.60. The van der Waals surface area contributed by atoms with Crippen molar-refractivity contribution in [2.45, 2.75) is 38.6 Å². The van der Waals surface area contributed by atoms with E-state index in [0.29, 0.717) is 34.8 Å². The summed E-state index contributed by atoms with van der Waals surface area (Å²) in [6.07, 6.45) is 6.13. The van der Waals surface area contributed by atoms with E-state index in [1.54, 1.807) is 29.8 Å². The van der Waals surface area contributed by atoms with Gasteiger partial charge in [0, 0.05) is 29.7 Å². The quantitative estimate of drug-likeness (QED) is 0.503. The lowest BCUT2D eigenvalue weighted by Gasteiger charge is -2.11. The molecule has 0 spiro atoms. The SMILES string of the molecule is Cc1cc(Cc2cc(NC3CC3)n3ncc(/C=C4\CC(=O)NC4=O)c3n2)ccc1F. The van der Waals surface area contributed by atoms with Gasteiger partial charge in [-0.05, 0) is 43.0 Å². The molecular formula is C22H20FN5O2. The minimum Gasteiger partial charge on any atom is -0.367 e. The van der Waals surface area contributed by atoms with Gasteiger partial charge in [0.25, 0.3) is 5.91 Å². The Labute approximate surface area is 172 Å². The average molecular weight is 405 g/mol. The number of hydrogen-bond donors (Lipinski definition) is 2. The molecule has 5 rings (SSSR count). The van der Waals surface area contributed by atoms with Crippen LogP contribution in [0, 0.1) is 12.7 Å². The third kappa shape index (κ3) is 3.56. The van der Waals surface area contributed by atoms with Crippen LogP contribution in [-0.2, 0) is 16.0 Å². The molecule has 152 valence electrons. The van der Waals surface area contributed by atoms with Crippen LogP contribution in [0.15, 0.2) is 36.0 Å². The van der Waals surface area contributed by atoms with E-state index < -0.39 is 0 Å². The van der Waals surface area contributed by atoms with Crippen molar-refractivity contribution in [1.82, 2.24) is 19.9 Å². The molecule has 1 aromatic carbocycles. The predicted octanol–water partition coefficient (Wildman–Crippen LogP) is 2.77. The van der Waals surface area contributed by atoms with Crippen molar-refractivity contribution < 1.29 is 14.0 Å². The number of hydrogen-bond acceptors (Lipinski definition) is 5. The van der Waals surface area contributed by atoms with Gasteiger partial charge in [0.05, 0.1) is 18.3 Å². The van der Waals surface area contributed by atoms with Gasteiger partial charge in [0.2, 0.25) is 5.91 Å². The minimum absolute atomic E-state index is 0.0535. The molecule has 1 saturated carbocycles. The molecule has 0 atom stereocenters. The van der Waals surface area contributed by atoms with E-state index in [1.807, 2.05) is 12.1 Å². The van der Waals surface area contributed by atoms with Crippen LogP contribution in [0.4, 0.5) is 10.2 Å². The number of nitrogens with one attached hydrogen (secondary N) is 2. The Kier molecular flexibility index (Phi) is 4.34. The van der Waals surface area contributed by atoms with Crippen LogP contribution < -0.4 is 10.6 Å². The second-order valence-electron chi connectivity index (χ2n) is 7.87. The molecule has 8 heteroatoms. The monoisotopic (exact) mass is 405 g/mol. The maximum Gasteiger partial charge on any atom is 0.254 e. The zero-order valence-electron chi connectivity index (χ0n) is 16.4. The van der Waals surface area contributed by atoms with Crippen molar-refractivity contribution in [3.63, 3.8) is 0 Å². The summed E-state index contributed by atoms with van der Waals surface area (Å²) in [7, 11) is 0. The molecule has 2 aromatic heterocycles. The van der Waals surface area contributed by atoms with E-state index in [2.05, 4.69) is 15.7 Å². The number of nitrogens with zero attached hydrogens (tertiary/aromatic N) is 3. The first-order chi connectivity index (χ1) is 14.5. The third-order valence-corrected chi connectivity index (χ3v) is 5.31. The predicted molar refractivity (Wildman–Crippen MR) is 109 cm³/mol. The normalized spacial score (nSPS) is 17.7. The van der Waals surface area contributed by atoms with E-state index in [4.69, 9.17) is 4.98 Å². The molecule has 2 fully saturated rings. The smallest absolute Gasteiger partial charge is 0.254 e. The summed E-state index contributed by atoms with van der Waals surface area (Å²) >= 11 is 0. The van der Waals surface area contributed by atoms with Crippen LogP contribution in [-0.4, -0.2) is 32.5 Å². The summed E-state index contributed by atoms with van der Waals surface area (Å²) < 4.78 is 15.3. The van der Waals surface area contributed by atoms with Crippen molar-refractivity contribution in [2.75, 3.05) is 5.32 Å². The van der Waals surface area contributed by atoms with Crippen molar-refractivity contribution in [3.05, 3.63) is 64.2 Å². The Morgan fingerprint density at radius 3 is 2.83 bits per heavy atom. The number of aromatic nitrogens is 3. The Hall–Kier alpha value is -3.55. The molecule has 0 bridgehead atoms. The molecule has 1 aliphatic heterocycles. The summed E-state index contributed by atoms with van der Waals surface area (Å²) in [5.74, 6) is -0.0898. The van der Waals surface area contributed by atoms with E-state index in [9.17, 15) is 14.0 Å². The molecule has 0 radical (unpaired) electrons. The number of benzene rings is 1. The largest absolute Gasteiger partial charge is 0.367 e. The standard InChI is InChI=1S/C22H20FN5O2/c1-12-6-13(2-5-18(12)23)7-17-10-19(25-16-3-4-16)28-21(26-17)15(11-24-28)8-14-9-20(29)27-22(14)30/h2,5-6,8,10-11,16,25H,3-4,7,9H2,1H3,(H,27,29,30)/b14-8+. The second-order valence-corrected chi connectivity index (χ2v) is 7.87. The molecule has 1 saturated heterocycles. The van der Waals surface area contributed by atoms with Crippen LogP contribution in [0.25, 0.3) is 11.7 Å². The topological polar surface area (TPSA) is 88.4 Å². The Morgan fingerprint density at radius 2 is 2.13 bits per heavy atom. The molecule has 30 heavy (non-hydrogen) atoms. The number of anilines is 1. The number of aryl methyl sites for hydroxylation is 1. The lowest BCUT2D eigenvalue weighted by atomic mass is 10.1. The van der Waals surface area contributed by atoms with E-state index in [1.165, 1.54) is 6.07 Å². The van der Waals surface area contributed by atoms with E-state index >= 15 is 0 Å². The van der Waals surface area contributed by atoms with Gasteiger partial charge < -0.3 is 5.32 Å². The van der Waals surface area contributed by atoms with Crippen LogP contribution >= 0.6 is 0 Å². The number of carbonyl (C=O) groups excluding carboxylic acids is 2. The number of imide groups is 1. The number of carbonyl (C=O) groups is 2. The van der Waals surface area contributed by atoms with Gasteiger partial charge in [-0.2, -0.15) is 9.61 Å². The maximum atomic E-state index is 13.6. The fraction of sp³-hybridized carbons (Fsp3) is 0.273. The molecular weight excluding hydrogens is 385 g/mol. The molecule has 1 aliphatic carbocycles. The lowest BCUT2D eigenvalue weighted by Crippen LogP contribution is -2.19. The van der Waals surface area contributed by atoms with Crippen LogP contribution in [0.3, 0.4) is 0 Å². The first-order valence-electron chi connectivity index (χ1n) is 9.90. The summed E-state index contributed by atoms with van der Waals surface area (Å²) in [6, 6.07) is 7.43. The summed E-state index contributed by atoms with van der Waals surface area (Å²) in [4.78, 5) is 28.2. The van der Waals surface area contributed by atoms with Gasteiger partial charge in [-0.3, -0.25) is 14.9 Å². The van der Waals surface area contributed by atoms with Gasteiger partial charge in [0.1, 0.15) is 11.6 Å². The van der Waals surface area contributed by atoms with Gasteiger partial charge in [-0.1, -0.05) is 12.1 Å². The van der Waals surface area contributed by atoms with Crippen molar-refractivity contribution in [2.24, 2.45) is 0 Å². The van der Waals surface area contributed by atoms with Crippen LogP contribution in [0.5, 0.6) is 0 Å². The Morgan fingerprint density at radius 1 is 1.30 bits per heavy atom. The summed E-state index contributed by atoms with van der Waals surface area (Å²) in [5.41, 5.74) is 4.04. The van der Waals surface area contributed by atoms with Gasteiger partial charge in [-0.25, -0.2) is 9.37 Å². The number of amides is 2. The van der Waals surface area contributed by atoms with E-state index in [-0.39, 0.29) is 24.1 Å². The Bertz CT molecular complexity index is 1230. The zero-order chi connectivity index (χ0) is 20.8.